The molecule has 25 heavy (non-hydrogen) atoms. The fraction of sp³-hybridized carbons (Fsp3) is 0.650. The van der Waals surface area contributed by atoms with Gasteiger partial charge in [-0.3, -0.25) is 0 Å². The summed E-state index contributed by atoms with van der Waals surface area (Å²) in [5.74, 6) is -0.383. The molecule has 0 aliphatic heterocycles. The highest BCUT2D eigenvalue weighted by Crippen LogP contribution is 2.53. The molecule has 0 atom stereocenters. The molecule has 4 nitrogen and oxygen atoms in total. The van der Waals surface area contributed by atoms with E-state index in [1.165, 1.54) is 7.11 Å². The predicted molar refractivity (Wildman–Crippen MR) is 104 cm³/mol. The van der Waals surface area contributed by atoms with Gasteiger partial charge in [0.05, 0.1) is 23.9 Å². The van der Waals surface area contributed by atoms with Crippen LogP contribution in [0.5, 0.6) is 0 Å². The van der Waals surface area contributed by atoms with E-state index in [4.69, 9.17) is 4.74 Å². The Balaban J connectivity index is 3.56. The number of carbonyl (C=O) groups excluding carboxylic acids is 1. The van der Waals surface area contributed by atoms with E-state index in [9.17, 15) is 15.0 Å². The molecule has 0 aliphatic rings. The minimum Gasteiger partial charge on any atom is -0.465 e. The fourth-order valence-electron chi connectivity index (χ4n) is 3.37. The average molecular weight is 348 g/mol. The first-order valence-electron chi connectivity index (χ1n) is 8.70. The first kappa shape index (κ1) is 21.7. The van der Waals surface area contributed by atoms with Gasteiger partial charge in [-0.1, -0.05) is 45.3 Å². The smallest absolute Gasteiger partial charge is 0.337 e. The number of hydrogen-bond acceptors (Lipinski definition) is 4. The van der Waals surface area contributed by atoms with Crippen molar-refractivity contribution in [1.29, 1.82) is 0 Å². The van der Waals surface area contributed by atoms with E-state index in [1.54, 1.807) is 39.8 Å². The second kappa shape index (κ2) is 6.77. The molecule has 0 aliphatic carbocycles. The van der Waals surface area contributed by atoms with Gasteiger partial charge in [-0.05, 0) is 50.5 Å². The molecule has 1 rings (SSSR count). The molecule has 0 radical (unpaired) electrons. The molecule has 0 spiro atoms. The molecule has 2 N–H and O–H groups in total. The highest BCUT2D eigenvalue weighted by atomic mass is 16.5. The Morgan fingerprint density at radius 1 is 0.840 bits per heavy atom. The van der Waals surface area contributed by atoms with E-state index in [1.807, 2.05) is 39.8 Å². The van der Waals surface area contributed by atoms with Crippen LogP contribution in [-0.4, -0.2) is 41.2 Å². The van der Waals surface area contributed by atoms with Gasteiger partial charge in [0.25, 0.3) is 0 Å². The molecular formula is C20H33BO4. The van der Waals surface area contributed by atoms with E-state index in [0.717, 1.165) is 5.46 Å². The van der Waals surface area contributed by atoms with Crippen molar-refractivity contribution >= 4 is 18.1 Å². The summed E-state index contributed by atoms with van der Waals surface area (Å²) in [5, 5.41) is 20.6. The summed E-state index contributed by atoms with van der Waals surface area (Å²) in [5.41, 5.74) is -0.499. The maximum absolute atomic E-state index is 11.7. The number of carbonyl (C=O) groups is 1. The van der Waals surface area contributed by atoms with Crippen LogP contribution < -0.4 is 5.46 Å². The Bertz CT molecular complexity index is 578. The van der Waals surface area contributed by atoms with Gasteiger partial charge in [-0.25, -0.2) is 4.79 Å². The van der Waals surface area contributed by atoms with E-state index in [2.05, 4.69) is 0 Å². The summed E-state index contributed by atoms with van der Waals surface area (Å²) in [7, 11) is 1.35. The molecule has 0 heterocycles. The lowest BCUT2D eigenvalue weighted by Gasteiger charge is -2.52. The Kier molecular flexibility index (Phi) is 5.88. The van der Waals surface area contributed by atoms with Crippen LogP contribution in [0.4, 0.5) is 0 Å². The van der Waals surface area contributed by atoms with Gasteiger partial charge < -0.3 is 14.9 Å². The first-order chi connectivity index (χ1) is 11.1. The van der Waals surface area contributed by atoms with Crippen LogP contribution in [0.3, 0.4) is 0 Å². The quantitative estimate of drug-likeness (QED) is 0.612. The molecular weight excluding hydrogens is 315 g/mol. The third-order valence-corrected chi connectivity index (χ3v) is 6.26. The fourth-order valence-corrected chi connectivity index (χ4v) is 3.37. The Morgan fingerprint density at radius 2 is 1.20 bits per heavy atom. The lowest BCUT2D eigenvalue weighted by Crippen LogP contribution is -2.60. The van der Waals surface area contributed by atoms with E-state index < -0.39 is 21.8 Å². The van der Waals surface area contributed by atoms with Crippen LogP contribution in [0.1, 0.15) is 65.7 Å². The summed E-state index contributed by atoms with van der Waals surface area (Å²) in [6.45, 7) is 15.1. The van der Waals surface area contributed by atoms with Crippen molar-refractivity contribution < 1.29 is 19.7 Å². The summed E-state index contributed by atoms with van der Waals surface area (Å²) in [4.78, 5) is 11.7. The summed E-state index contributed by atoms with van der Waals surface area (Å²) < 4.78 is 4.76. The minimum atomic E-state index is -0.971. The lowest BCUT2D eigenvalue weighted by molar-refractivity contribution is 0.0201. The van der Waals surface area contributed by atoms with E-state index >= 15 is 0 Å². The molecule has 0 saturated heterocycles. The van der Waals surface area contributed by atoms with Gasteiger partial charge >= 0.3 is 5.97 Å². The number of esters is 1. The van der Waals surface area contributed by atoms with Crippen LogP contribution in [0.15, 0.2) is 24.3 Å². The van der Waals surface area contributed by atoms with Crippen molar-refractivity contribution in [3.05, 3.63) is 29.8 Å². The zero-order valence-electron chi connectivity index (χ0n) is 17.1. The van der Waals surface area contributed by atoms with Gasteiger partial charge in [0.15, 0.2) is 6.71 Å². The third kappa shape index (κ3) is 4.09. The van der Waals surface area contributed by atoms with Crippen LogP contribution in [-0.2, 0) is 4.74 Å². The second-order valence-electron chi connectivity index (χ2n) is 9.11. The Hall–Kier alpha value is -1.33. The molecule has 1 aromatic rings. The number of hydrogen-bond donors (Lipinski definition) is 2. The number of ether oxygens (including phenoxy) is 1. The van der Waals surface area contributed by atoms with Crippen molar-refractivity contribution in [3.63, 3.8) is 0 Å². The second-order valence-corrected chi connectivity index (χ2v) is 9.11. The average Bonchev–Trinajstić information content (AvgIpc) is 2.44. The molecule has 0 fully saturated rings. The van der Waals surface area contributed by atoms with Crippen molar-refractivity contribution in [3.8, 4) is 0 Å². The van der Waals surface area contributed by atoms with E-state index in [-0.39, 0.29) is 12.7 Å². The maximum Gasteiger partial charge on any atom is 0.337 e. The minimum absolute atomic E-state index is 0.160. The van der Waals surface area contributed by atoms with Crippen molar-refractivity contribution in [2.75, 3.05) is 7.11 Å². The molecule has 1 aromatic carbocycles. The number of rotatable bonds is 6. The van der Waals surface area contributed by atoms with Gasteiger partial charge in [0.2, 0.25) is 0 Å². The summed E-state index contributed by atoms with van der Waals surface area (Å²) in [6, 6.07) is 7.24. The van der Waals surface area contributed by atoms with Crippen molar-refractivity contribution in [2.45, 2.75) is 77.2 Å². The zero-order chi connectivity index (χ0) is 19.8. The van der Waals surface area contributed by atoms with Crippen LogP contribution in [0.2, 0.25) is 10.6 Å². The molecule has 0 amide bonds. The van der Waals surface area contributed by atoms with Crippen molar-refractivity contribution in [1.82, 2.24) is 0 Å². The molecule has 5 heteroatoms. The predicted octanol–water partition coefficient (Wildman–Crippen LogP) is 3.28. The van der Waals surface area contributed by atoms with E-state index in [0.29, 0.717) is 5.56 Å². The molecule has 0 saturated carbocycles. The van der Waals surface area contributed by atoms with Gasteiger partial charge in [-0.15, -0.1) is 0 Å². The highest BCUT2D eigenvalue weighted by Gasteiger charge is 2.56. The monoisotopic (exact) mass is 348 g/mol. The SMILES string of the molecule is COC(=O)c1ccc(B(C(C)(C)C(C)(C)O)C(C)(C)C(C)(C)O)cc1. The Labute approximate surface area is 152 Å². The third-order valence-electron chi connectivity index (χ3n) is 6.26. The zero-order valence-corrected chi connectivity index (χ0v) is 17.1. The van der Waals surface area contributed by atoms with Crippen molar-refractivity contribution in [2.24, 2.45) is 0 Å². The largest absolute Gasteiger partial charge is 0.465 e. The van der Waals surface area contributed by atoms with Crippen LogP contribution >= 0.6 is 0 Å². The Morgan fingerprint density at radius 3 is 1.48 bits per heavy atom. The number of benzene rings is 1. The molecule has 0 unspecified atom stereocenters. The molecule has 140 valence electrons. The lowest BCUT2D eigenvalue weighted by atomic mass is 9.17. The maximum atomic E-state index is 11.7. The summed E-state index contributed by atoms with van der Waals surface area (Å²) >= 11 is 0. The summed E-state index contributed by atoms with van der Waals surface area (Å²) in [6.07, 6.45) is 0. The standard InChI is InChI=1S/C20H33BO4/c1-17(2,19(5,6)23)21(18(3,4)20(7,8)24)15-12-10-14(11-13-15)16(22)25-9/h10-13,23-24H,1-9H3. The van der Waals surface area contributed by atoms with Gasteiger partial charge in [0, 0.05) is 0 Å². The van der Waals surface area contributed by atoms with Crippen LogP contribution in [0, 0.1) is 0 Å². The van der Waals surface area contributed by atoms with Crippen LogP contribution in [0.25, 0.3) is 0 Å². The first-order valence-corrected chi connectivity index (χ1v) is 8.70. The molecule has 0 bridgehead atoms. The number of methoxy groups -OCH3 is 1. The molecule has 0 aromatic heterocycles. The highest BCUT2D eigenvalue weighted by molar-refractivity contribution is 6.79. The van der Waals surface area contributed by atoms with Gasteiger partial charge in [-0.2, -0.15) is 0 Å². The number of aliphatic hydroxyl groups is 2. The normalized spacial score (nSPS) is 13.6. The van der Waals surface area contributed by atoms with Gasteiger partial charge in [0.1, 0.15) is 0 Å². The topological polar surface area (TPSA) is 66.8 Å².